The quantitative estimate of drug-likeness (QED) is 0.667. The maximum absolute atomic E-state index is 13.0. The molecule has 0 bridgehead atoms. The van der Waals surface area contributed by atoms with Crippen molar-refractivity contribution < 1.29 is 19.1 Å². The third-order valence-corrected chi connectivity index (χ3v) is 5.39. The molecule has 2 aromatic rings. The SMILES string of the molecule is CCOc1ccc(NC(=O)CN(C)[C@H](C)C(=O)N2CCc3ccccc32)cc1OCC. The van der Waals surface area contributed by atoms with Crippen LogP contribution in [0.4, 0.5) is 11.4 Å². The van der Waals surface area contributed by atoms with Crippen molar-refractivity contribution in [2.75, 3.05) is 43.6 Å². The molecule has 2 aromatic carbocycles. The van der Waals surface area contributed by atoms with Crippen LogP contribution >= 0.6 is 0 Å². The fourth-order valence-electron chi connectivity index (χ4n) is 3.67. The highest BCUT2D eigenvalue weighted by Gasteiger charge is 2.30. The van der Waals surface area contributed by atoms with Crippen LogP contribution in [0.15, 0.2) is 42.5 Å². The minimum atomic E-state index is -0.420. The zero-order chi connectivity index (χ0) is 22.4. The van der Waals surface area contributed by atoms with E-state index in [4.69, 9.17) is 9.47 Å². The van der Waals surface area contributed by atoms with Gasteiger partial charge in [0.15, 0.2) is 11.5 Å². The van der Waals surface area contributed by atoms with Crippen molar-refractivity contribution in [1.82, 2.24) is 4.90 Å². The van der Waals surface area contributed by atoms with E-state index in [-0.39, 0.29) is 18.4 Å². The van der Waals surface area contributed by atoms with Gasteiger partial charge in [0.25, 0.3) is 0 Å². The lowest BCUT2D eigenvalue weighted by molar-refractivity contribution is -0.124. The van der Waals surface area contributed by atoms with E-state index in [1.165, 1.54) is 5.56 Å². The number of hydrogen-bond donors (Lipinski definition) is 1. The smallest absolute Gasteiger partial charge is 0.244 e. The van der Waals surface area contributed by atoms with Gasteiger partial charge in [-0.2, -0.15) is 0 Å². The van der Waals surface area contributed by atoms with Gasteiger partial charge in [-0.1, -0.05) is 18.2 Å². The molecule has 0 saturated carbocycles. The van der Waals surface area contributed by atoms with Crippen LogP contribution in [0.2, 0.25) is 0 Å². The normalized spacial score (nSPS) is 13.6. The van der Waals surface area contributed by atoms with Crippen LogP contribution in [0.1, 0.15) is 26.3 Å². The number of ether oxygens (including phenoxy) is 2. The molecule has 0 aliphatic carbocycles. The molecule has 0 fully saturated rings. The maximum atomic E-state index is 13.0. The highest BCUT2D eigenvalue weighted by atomic mass is 16.5. The summed E-state index contributed by atoms with van der Waals surface area (Å²) in [4.78, 5) is 29.2. The van der Waals surface area contributed by atoms with Gasteiger partial charge < -0.3 is 19.7 Å². The molecule has 1 heterocycles. The average Bonchev–Trinajstić information content (AvgIpc) is 3.19. The largest absolute Gasteiger partial charge is 0.490 e. The molecule has 1 atom stereocenters. The second-order valence-corrected chi connectivity index (χ2v) is 7.54. The predicted molar refractivity (Wildman–Crippen MR) is 122 cm³/mol. The molecular weight excluding hydrogens is 394 g/mol. The summed E-state index contributed by atoms with van der Waals surface area (Å²) in [6.07, 6.45) is 0.860. The zero-order valence-electron chi connectivity index (χ0n) is 18.7. The molecule has 2 amide bonds. The Morgan fingerprint density at radius 3 is 2.55 bits per heavy atom. The standard InChI is InChI=1S/C24H31N3O4/c1-5-30-21-12-11-19(15-22(21)31-6-2)25-23(28)16-26(4)17(3)24(29)27-14-13-18-9-7-8-10-20(18)27/h7-12,15,17H,5-6,13-14,16H2,1-4H3,(H,25,28)/t17-/m1/s1. The van der Waals surface area contributed by atoms with E-state index >= 15 is 0 Å². The molecule has 0 saturated heterocycles. The zero-order valence-corrected chi connectivity index (χ0v) is 18.7. The predicted octanol–water partition coefficient (Wildman–Crippen LogP) is 3.33. The molecular formula is C24H31N3O4. The Labute approximate surface area is 183 Å². The first kappa shape index (κ1) is 22.6. The van der Waals surface area contributed by atoms with Gasteiger partial charge in [0, 0.05) is 24.0 Å². The minimum Gasteiger partial charge on any atom is -0.490 e. The van der Waals surface area contributed by atoms with E-state index in [2.05, 4.69) is 11.4 Å². The number of amides is 2. The number of likely N-dealkylation sites (N-methyl/N-ethyl adjacent to an activating group) is 1. The summed E-state index contributed by atoms with van der Waals surface area (Å²) in [5, 5.41) is 2.88. The lowest BCUT2D eigenvalue weighted by atomic mass is 10.2. The van der Waals surface area contributed by atoms with Crippen molar-refractivity contribution in [3.63, 3.8) is 0 Å². The number of anilines is 2. The number of para-hydroxylation sites is 1. The second kappa shape index (κ2) is 10.3. The van der Waals surface area contributed by atoms with Gasteiger partial charge in [-0.15, -0.1) is 0 Å². The fourth-order valence-corrected chi connectivity index (χ4v) is 3.67. The highest BCUT2D eigenvalue weighted by molar-refractivity contribution is 5.99. The van der Waals surface area contributed by atoms with Crippen molar-refractivity contribution in [2.45, 2.75) is 33.2 Å². The number of nitrogens with zero attached hydrogens (tertiary/aromatic N) is 2. The summed E-state index contributed by atoms with van der Waals surface area (Å²) >= 11 is 0. The molecule has 7 nitrogen and oxygen atoms in total. The molecule has 0 radical (unpaired) electrons. The van der Waals surface area contributed by atoms with Gasteiger partial charge in [0.2, 0.25) is 11.8 Å². The van der Waals surface area contributed by atoms with E-state index in [0.29, 0.717) is 36.9 Å². The van der Waals surface area contributed by atoms with Crippen molar-refractivity contribution in [3.05, 3.63) is 48.0 Å². The Balaban J connectivity index is 1.60. The number of carbonyl (C=O) groups is 2. The number of fused-ring (bicyclic) bond motifs is 1. The number of rotatable bonds is 9. The van der Waals surface area contributed by atoms with Gasteiger partial charge in [-0.05, 0) is 58.0 Å². The van der Waals surface area contributed by atoms with Crippen molar-refractivity contribution in [3.8, 4) is 11.5 Å². The van der Waals surface area contributed by atoms with E-state index in [1.807, 2.05) is 43.9 Å². The molecule has 1 N–H and O–H groups in total. The molecule has 7 heteroatoms. The van der Waals surface area contributed by atoms with Crippen LogP contribution in [0.5, 0.6) is 11.5 Å². The van der Waals surface area contributed by atoms with Gasteiger partial charge in [-0.3, -0.25) is 14.5 Å². The van der Waals surface area contributed by atoms with E-state index in [1.54, 1.807) is 30.1 Å². The van der Waals surface area contributed by atoms with Gasteiger partial charge in [-0.25, -0.2) is 0 Å². The Hall–Kier alpha value is -3.06. The Bertz CT molecular complexity index is 931. The first-order valence-electron chi connectivity index (χ1n) is 10.7. The number of benzene rings is 2. The Morgan fingerprint density at radius 1 is 1.10 bits per heavy atom. The summed E-state index contributed by atoms with van der Waals surface area (Å²) < 4.78 is 11.2. The summed E-state index contributed by atoms with van der Waals surface area (Å²) in [6.45, 7) is 7.44. The summed E-state index contributed by atoms with van der Waals surface area (Å²) in [5.41, 5.74) is 2.77. The summed E-state index contributed by atoms with van der Waals surface area (Å²) in [7, 11) is 1.79. The first-order chi connectivity index (χ1) is 14.9. The lowest BCUT2D eigenvalue weighted by Crippen LogP contribution is -2.47. The summed E-state index contributed by atoms with van der Waals surface area (Å²) in [5.74, 6) is 1.03. The monoisotopic (exact) mass is 425 g/mol. The first-order valence-corrected chi connectivity index (χ1v) is 10.7. The lowest BCUT2D eigenvalue weighted by Gasteiger charge is -2.28. The molecule has 0 spiro atoms. The van der Waals surface area contributed by atoms with E-state index in [0.717, 1.165) is 12.1 Å². The van der Waals surface area contributed by atoms with Crippen LogP contribution in [-0.4, -0.2) is 56.1 Å². The maximum Gasteiger partial charge on any atom is 0.244 e. The summed E-state index contributed by atoms with van der Waals surface area (Å²) in [6, 6.07) is 12.9. The topological polar surface area (TPSA) is 71.1 Å². The van der Waals surface area contributed by atoms with Crippen molar-refractivity contribution in [2.24, 2.45) is 0 Å². The Morgan fingerprint density at radius 2 is 1.81 bits per heavy atom. The highest BCUT2D eigenvalue weighted by Crippen LogP contribution is 2.31. The average molecular weight is 426 g/mol. The van der Waals surface area contributed by atoms with Crippen molar-refractivity contribution in [1.29, 1.82) is 0 Å². The third-order valence-electron chi connectivity index (χ3n) is 5.39. The molecule has 0 unspecified atom stereocenters. The molecule has 166 valence electrons. The van der Waals surface area contributed by atoms with Gasteiger partial charge >= 0.3 is 0 Å². The van der Waals surface area contributed by atoms with E-state index in [9.17, 15) is 9.59 Å². The number of nitrogens with one attached hydrogen (secondary N) is 1. The Kier molecular flexibility index (Phi) is 7.52. The van der Waals surface area contributed by atoms with Crippen LogP contribution < -0.4 is 19.7 Å². The van der Waals surface area contributed by atoms with Crippen LogP contribution in [0.3, 0.4) is 0 Å². The van der Waals surface area contributed by atoms with Gasteiger partial charge in [0.1, 0.15) is 0 Å². The number of carbonyl (C=O) groups excluding carboxylic acids is 2. The molecule has 1 aliphatic rings. The van der Waals surface area contributed by atoms with Crippen LogP contribution in [0.25, 0.3) is 0 Å². The fraction of sp³-hybridized carbons (Fsp3) is 0.417. The molecule has 31 heavy (non-hydrogen) atoms. The van der Waals surface area contributed by atoms with E-state index < -0.39 is 6.04 Å². The molecule has 0 aromatic heterocycles. The van der Waals surface area contributed by atoms with Crippen LogP contribution in [-0.2, 0) is 16.0 Å². The second-order valence-electron chi connectivity index (χ2n) is 7.54. The van der Waals surface area contributed by atoms with Crippen molar-refractivity contribution >= 4 is 23.2 Å². The molecule has 1 aliphatic heterocycles. The number of hydrogen-bond acceptors (Lipinski definition) is 5. The van der Waals surface area contributed by atoms with Crippen LogP contribution in [0, 0.1) is 0 Å². The third kappa shape index (κ3) is 5.35. The minimum absolute atomic E-state index is 0.0000469. The van der Waals surface area contributed by atoms with Gasteiger partial charge in [0.05, 0.1) is 25.8 Å². The molecule has 3 rings (SSSR count).